The summed E-state index contributed by atoms with van der Waals surface area (Å²) in [6, 6.07) is 5.08. The molecule has 0 aromatic carbocycles. The van der Waals surface area contributed by atoms with E-state index in [2.05, 4.69) is 15.2 Å². The van der Waals surface area contributed by atoms with Crippen LogP contribution in [0.3, 0.4) is 0 Å². The summed E-state index contributed by atoms with van der Waals surface area (Å²) in [6.45, 7) is 0. The van der Waals surface area contributed by atoms with Crippen molar-refractivity contribution < 1.29 is 65.7 Å². The Balaban J connectivity index is 0.00000112. The SMILES string of the molecule is O=C([O-])c1nnc(-c2ccccn2)o1.[K+]. The van der Waals surface area contributed by atoms with Gasteiger partial charge in [-0.25, -0.2) is 0 Å². The molecule has 0 N–H and O–H groups in total. The van der Waals surface area contributed by atoms with Crippen LogP contribution in [-0.4, -0.2) is 21.2 Å². The van der Waals surface area contributed by atoms with E-state index in [-0.39, 0.29) is 57.3 Å². The topological polar surface area (TPSA) is 91.9 Å². The average Bonchev–Trinajstić information content (AvgIpc) is 2.68. The number of aromatic nitrogens is 3. The molecule has 0 saturated carbocycles. The fourth-order valence-electron chi connectivity index (χ4n) is 0.898. The van der Waals surface area contributed by atoms with E-state index in [0.29, 0.717) is 5.69 Å². The van der Waals surface area contributed by atoms with Crippen LogP contribution in [-0.2, 0) is 0 Å². The molecule has 2 aromatic rings. The molecule has 0 bridgehead atoms. The largest absolute Gasteiger partial charge is 1.00 e. The Bertz CT molecular complexity index is 457. The van der Waals surface area contributed by atoms with E-state index >= 15 is 0 Å². The zero-order valence-corrected chi connectivity index (χ0v) is 11.0. The van der Waals surface area contributed by atoms with E-state index in [9.17, 15) is 9.90 Å². The molecule has 0 atom stereocenters. The molecule has 0 amide bonds. The number of hydrogen-bond donors (Lipinski definition) is 0. The van der Waals surface area contributed by atoms with Crippen molar-refractivity contribution >= 4 is 5.97 Å². The van der Waals surface area contributed by atoms with Gasteiger partial charge in [0.15, 0.2) is 0 Å². The third-order valence-electron chi connectivity index (χ3n) is 1.48. The van der Waals surface area contributed by atoms with Gasteiger partial charge >= 0.3 is 51.4 Å². The minimum Gasteiger partial charge on any atom is -0.540 e. The quantitative estimate of drug-likeness (QED) is 0.496. The first-order valence-corrected chi connectivity index (χ1v) is 3.73. The Morgan fingerprint density at radius 2 is 2.13 bits per heavy atom. The Morgan fingerprint density at radius 3 is 2.67 bits per heavy atom. The second-order valence-corrected chi connectivity index (χ2v) is 2.41. The number of carboxylic acid groups (broad SMARTS) is 1. The number of hydrogen-bond acceptors (Lipinski definition) is 6. The smallest absolute Gasteiger partial charge is 0.540 e. The Kier molecular flexibility index (Phi) is 4.55. The summed E-state index contributed by atoms with van der Waals surface area (Å²) in [4.78, 5) is 14.2. The van der Waals surface area contributed by atoms with E-state index in [4.69, 9.17) is 4.42 Å². The van der Waals surface area contributed by atoms with E-state index in [1.807, 2.05) is 0 Å². The normalized spacial score (nSPS) is 9.33. The van der Waals surface area contributed by atoms with Crippen LogP contribution in [0.1, 0.15) is 10.7 Å². The van der Waals surface area contributed by atoms with Crippen LogP contribution < -0.4 is 56.5 Å². The van der Waals surface area contributed by atoms with Crippen molar-refractivity contribution in [3.05, 3.63) is 30.3 Å². The summed E-state index contributed by atoms with van der Waals surface area (Å²) >= 11 is 0. The van der Waals surface area contributed by atoms with E-state index < -0.39 is 11.9 Å². The molecule has 15 heavy (non-hydrogen) atoms. The van der Waals surface area contributed by atoms with Crippen LogP contribution in [0.15, 0.2) is 28.8 Å². The first-order chi connectivity index (χ1) is 6.77. The van der Waals surface area contributed by atoms with Crippen LogP contribution in [0.2, 0.25) is 0 Å². The van der Waals surface area contributed by atoms with Gasteiger partial charge in [-0.15, -0.1) is 10.2 Å². The van der Waals surface area contributed by atoms with Crippen molar-refractivity contribution in [3.8, 4) is 11.6 Å². The van der Waals surface area contributed by atoms with Crippen molar-refractivity contribution in [1.82, 2.24) is 15.2 Å². The van der Waals surface area contributed by atoms with Gasteiger partial charge < -0.3 is 14.3 Å². The van der Waals surface area contributed by atoms with E-state index in [1.54, 1.807) is 18.2 Å². The first-order valence-electron chi connectivity index (χ1n) is 3.73. The number of carbonyl (C=O) groups excluding carboxylic acids is 1. The molecule has 0 aliphatic carbocycles. The second-order valence-electron chi connectivity index (χ2n) is 2.41. The van der Waals surface area contributed by atoms with Crippen molar-refractivity contribution in [2.45, 2.75) is 0 Å². The molecule has 0 saturated heterocycles. The second kappa shape index (κ2) is 5.47. The van der Waals surface area contributed by atoms with Gasteiger partial charge in [0.1, 0.15) is 11.7 Å². The number of pyridine rings is 1. The molecule has 0 radical (unpaired) electrons. The molecule has 0 unspecified atom stereocenters. The summed E-state index contributed by atoms with van der Waals surface area (Å²) in [5.41, 5.74) is 0.424. The fraction of sp³-hybridized carbons (Fsp3) is 0. The standard InChI is InChI=1S/C8H5N3O3.K/c12-8(13)7-11-10-6(14-7)5-3-1-2-4-9-5;/h1-4H,(H,12,13);/q;+1/p-1. The molecule has 0 aliphatic heterocycles. The van der Waals surface area contributed by atoms with Crippen molar-refractivity contribution in [1.29, 1.82) is 0 Å². The Labute approximate surface area is 127 Å². The molecule has 0 spiro atoms. The first kappa shape index (κ1) is 12.5. The van der Waals surface area contributed by atoms with Crippen LogP contribution >= 0.6 is 0 Å². The monoisotopic (exact) mass is 229 g/mol. The minimum atomic E-state index is -1.50. The summed E-state index contributed by atoms with van der Waals surface area (Å²) < 4.78 is 4.78. The summed E-state index contributed by atoms with van der Waals surface area (Å²) in [5, 5.41) is 17.1. The maximum Gasteiger partial charge on any atom is 1.00 e. The predicted molar refractivity (Wildman–Crippen MR) is 41.9 cm³/mol. The summed E-state index contributed by atoms with van der Waals surface area (Å²) in [6.07, 6.45) is 1.54. The number of aromatic carboxylic acids is 1. The van der Waals surface area contributed by atoms with Gasteiger partial charge in [0.25, 0.3) is 11.8 Å². The number of carbonyl (C=O) groups is 1. The van der Waals surface area contributed by atoms with Crippen LogP contribution in [0.5, 0.6) is 0 Å². The number of rotatable bonds is 2. The molecule has 7 heteroatoms. The maximum atomic E-state index is 10.3. The van der Waals surface area contributed by atoms with Gasteiger partial charge in [-0.1, -0.05) is 6.07 Å². The Morgan fingerprint density at radius 1 is 1.33 bits per heavy atom. The van der Waals surface area contributed by atoms with Crippen molar-refractivity contribution in [3.63, 3.8) is 0 Å². The van der Waals surface area contributed by atoms with Gasteiger partial charge in [0, 0.05) is 6.20 Å². The molecule has 2 aromatic heterocycles. The van der Waals surface area contributed by atoms with Gasteiger partial charge in [-0.05, 0) is 12.1 Å². The molecule has 6 nitrogen and oxygen atoms in total. The van der Waals surface area contributed by atoms with Gasteiger partial charge in [-0.3, -0.25) is 4.98 Å². The molecule has 70 valence electrons. The van der Waals surface area contributed by atoms with Crippen LogP contribution in [0, 0.1) is 0 Å². The number of carboxylic acids is 1. The van der Waals surface area contributed by atoms with Gasteiger partial charge in [0.2, 0.25) is 0 Å². The molecule has 2 heterocycles. The molecule has 0 fully saturated rings. The van der Waals surface area contributed by atoms with Crippen molar-refractivity contribution in [2.24, 2.45) is 0 Å². The fourth-order valence-corrected chi connectivity index (χ4v) is 0.898. The van der Waals surface area contributed by atoms with Gasteiger partial charge in [-0.2, -0.15) is 0 Å². The third kappa shape index (κ3) is 2.92. The van der Waals surface area contributed by atoms with Gasteiger partial charge in [0.05, 0.1) is 0 Å². The summed E-state index contributed by atoms with van der Waals surface area (Å²) in [5.74, 6) is -1.99. The molecule has 2 rings (SSSR count). The minimum absolute atomic E-state index is 0. The van der Waals surface area contributed by atoms with E-state index in [0.717, 1.165) is 0 Å². The Hall–Kier alpha value is -0.604. The maximum absolute atomic E-state index is 10.3. The van der Waals surface area contributed by atoms with E-state index in [1.165, 1.54) is 6.20 Å². The average molecular weight is 229 g/mol. The molecular formula is C8H4KN3O3. The van der Waals surface area contributed by atoms with Crippen LogP contribution in [0.25, 0.3) is 11.6 Å². The summed E-state index contributed by atoms with van der Waals surface area (Å²) in [7, 11) is 0. The molecular weight excluding hydrogens is 225 g/mol. The zero-order valence-electron chi connectivity index (χ0n) is 7.88. The van der Waals surface area contributed by atoms with Crippen LogP contribution in [0.4, 0.5) is 0 Å². The predicted octanol–water partition coefficient (Wildman–Crippen LogP) is -3.50. The zero-order chi connectivity index (χ0) is 9.97. The third-order valence-corrected chi connectivity index (χ3v) is 1.48. The number of nitrogens with zero attached hydrogens (tertiary/aromatic N) is 3. The van der Waals surface area contributed by atoms with Crippen molar-refractivity contribution in [2.75, 3.05) is 0 Å². The molecule has 0 aliphatic rings.